The van der Waals surface area contributed by atoms with Crippen LogP contribution < -0.4 is 11.1 Å². The van der Waals surface area contributed by atoms with Crippen molar-refractivity contribution < 1.29 is 4.39 Å². The summed E-state index contributed by atoms with van der Waals surface area (Å²) in [5, 5.41) is 4.58. The number of benzene rings is 1. The van der Waals surface area contributed by atoms with E-state index in [9.17, 15) is 4.39 Å². The normalized spacial score (nSPS) is 13.5. The van der Waals surface area contributed by atoms with Crippen molar-refractivity contribution in [2.45, 2.75) is 50.0 Å². The maximum Gasteiger partial charge on any atom is 0.183 e. The maximum atomic E-state index is 14.1. The lowest BCUT2D eigenvalue weighted by Gasteiger charge is -2.23. The molecular weight excluding hydrogens is 471 g/mol. The van der Waals surface area contributed by atoms with E-state index in [1.54, 1.807) is 18.5 Å². The van der Waals surface area contributed by atoms with E-state index >= 15 is 0 Å². The van der Waals surface area contributed by atoms with E-state index in [0.29, 0.717) is 16.5 Å². The minimum absolute atomic E-state index is 0.260. The molecule has 4 aromatic rings. The number of hydrogen-bond acceptors (Lipinski definition) is 6. The molecular formula is C25H30ClFN6S. The number of aromatic nitrogens is 4. The third-order valence-electron chi connectivity index (χ3n) is 5.46. The van der Waals surface area contributed by atoms with E-state index in [4.69, 9.17) is 11.6 Å². The number of aryl methyl sites for hydroxylation is 1. The molecule has 1 fully saturated rings. The smallest absolute Gasteiger partial charge is 0.183 e. The van der Waals surface area contributed by atoms with Gasteiger partial charge in [0.05, 0.1) is 11.2 Å². The first kappa shape index (κ1) is 25.9. The van der Waals surface area contributed by atoms with E-state index in [1.165, 1.54) is 38.1 Å². The molecule has 0 saturated heterocycles. The van der Waals surface area contributed by atoms with E-state index < -0.39 is 5.82 Å². The third-order valence-corrected chi connectivity index (χ3v) is 5.97. The first-order chi connectivity index (χ1) is 16.5. The summed E-state index contributed by atoms with van der Waals surface area (Å²) >= 11 is 10.2. The fourth-order valence-corrected chi connectivity index (χ4v) is 4.05. The van der Waals surface area contributed by atoms with Gasteiger partial charge in [0, 0.05) is 34.3 Å². The molecule has 180 valence electrons. The molecule has 0 aliphatic heterocycles. The Bertz CT molecular complexity index is 1170. The number of pyridine rings is 1. The van der Waals surface area contributed by atoms with Crippen LogP contribution >= 0.6 is 24.2 Å². The summed E-state index contributed by atoms with van der Waals surface area (Å²) in [7, 11) is 1.50. The summed E-state index contributed by atoms with van der Waals surface area (Å²) < 4.78 is 14.1. The molecule has 0 bridgehead atoms. The van der Waals surface area contributed by atoms with Gasteiger partial charge in [0.1, 0.15) is 5.65 Å². The molecule has 0 radical (unpaired) electrons. The van der Waals surface area contributed by atoms with Crippen LogP contribution in [-0.2, 0) is 0 Å². The Labute approximate surface area is 210 Å². The SMILES string of the molecule is CN.Cc1ccc(S)cc1.Fc1cnc(-c2c[nH]c3ncc(Cl)cc23)nc1NC1CCCCC1. The van der Waals surface area contributed by atoms with Gasteiger partial charge in [0.25, 0.3) is 0 Å². The molecule has 0 atom stereocenters. The van der Waals surface area contributed by atoms with Crippen LogP contribution in [0.5, 0.6) is 0 Å². The van der Waals surface area contributed by atoms with Gasteiger partial charge >= 0.3 is 0 Å². The van der Waals surface area contributed by atoms with Crippen LogP contribution in [0, 0.1) is 12.7 Å². The van der Waals surface area contributed by atoms with Crippen LogP contribution in [0.25, 0.3) is 22.4 Å². The van der Waals surface area contributed by atoms with Crippen molar-refractivity contribution in [1.29, 1.82) is 0 Å². The van der Waals surface area contributed by atoms with Crippen LogP contribution in [0.1, 0.15) is 37.7 Å². The highest BCUT2D eigenvalue weighted by molar-refractivity contribution is 7.80. The van der Waals surface area contributed by atoms with Gasteiger partial charge in [0.2, 0.25) is 0 Å². The predicted octanol–water partition coefficient (Wildman–Crippen LogP) is 6.42. The number of thiol groups is 1. The zero-order valence-electron chi connectivity index (χ0n) is 19.4. The fourth-order valence-electron chi connectivity index (χ4n) is 3.75. The molecule has 34 heavy (non-hydrogen) atoms. The van der Waals surface area contributed by atoms with Crippen molar-refractivity contribution in [1.82, 2.24) is 19.9 Å². The summed E-state index contributed by atoms with van der Waals surface area (Å²) in [6.07, 6.45) is 10.2. The number of nitrogens with one attached hydrogen (secondary N) is 2. The van der Waals surface area contributed by atoms with Gasteiger partial charge in [-0.2, -0.15) is 0 Å². The van der Waals surface area contributed by atoms with Crippen molar-refractivity contribution in [3.05, 3.63) is 65.3 Å². The van der Waals surface area contributed by atoms with E-state index in [1.807, 2.05) is 24.3 Å². The minimum Gasteiger partial charge on any atom is -0.365 e. The number of H-pyrrole nitrogens is 1. The molecule has 1 aromatic carbocycles. The number of aromatic amines is 1. The van der Waals surface area contributed by atoms with E-state index in [-0.39, 0.29) is 11.9 Å². The van der Waals surface area contributed by atoms with Crippen LogP contribution in [0.15, 0.2) is 53.8 Å². The molecule has 6 nitrogen and oxygen atoms in total. The fraction of sp³-hybridized carbons (Fsp3) is 0.320. The van der Waals surface area contributed by atoms with Gasteiger partial charge in [-0.25, -0.2) is 19.3 Å². The average Bonchev–Trinajstić information content (AvgIpc) is 3.28. The van der Waals surface area contributed by atoms with E-state index in [2.05, 4.69) is 50.5 Å². The Kier molecular flexibility index (Phi) is 9.68. The Morgan fingerprint density at radius 3 is 2.47 bits per heavy atom. The standard InChI is InChI=1S/C17H17ClFN5.C7H8S.CH5N/c18-10-6-12-13(8-21-15(12)20-7-10)16-22-9-14(19)17(24-16)23-11-4-2-1-3-5-11;1-6-2-4-7(8)5-3-6;1-2/h6-9,11H,1-5H2,(H,20,21)(H,22,23,24);2-5,8H,1H3;2H2,1H3. The number of fused-ring (bicyclic) bond motifs is 1. The van der Waals surface area contributed by atoms with Gasteiger partial charge in [-0.1, -0.05) is 48.6 Å². The second-order valence-electron chi connectivity index (χ2n) is 7.96. The van der Waals surface area contributed by atoms with Gasteiger partial charge < -0.3 is 16.0 Å². The number of anilines is 1. The van der Waals surface area contributed by atoms with Crippen LogP contribution in [0.4, 0.5) is 10.2 Å². The van der Waals surface area contributed by atoms with Crippen molar-refractivity contribution in [2.75, 3.05) is 12.4 Å². The van der Waals surface area contributed by atoms with Crippen molar-refractivity contribution >= 4 is 41.1 Å². The first-order valence-electron chi connectivity index (χ1n) is 11.2. The van der Waals surface area contributed by atoms with Gasteiger partial charge in [-0.05, 0) is 45.0 Å². The van der Waals surface area contributed by atoms with Gasteiger partial charge in [0.15, 0.2) is 17.5 Å². The van der Waals surface area contributed by atoms with Gasteiger partial charge in [-0.15, -0.1) is 12.6 Å². The summed E-state index contributed by atoms with van der Waals surface area (Å²) in [4.78, 5) is 16.9. The van der Waals surface area contributed by atoms with Crippen molar-refractivity contribution in [2.24, 2.45) is 5.73 Å². The number of rotatable bonds is 3. The predicted molar refractivity (Wildman–Crippen MR) is 141 cm³/mol. The molecule has 1 aliphatic rings. The van der Waals surface area contributed by atoms with Crippen LogP contribution in [0.2, 0.25) is 5.02 Å². The van der Waals surface area contributed by atoms with E-state index in [0.717, 1.165) is 28.7 Å². The lowest BCUT2D eigenvalue weighted by Crippen LogP contribution is -2.23. The molecule has 9 heteroatoms. The molecule has 0 amide bonds. The molecule has 5 rings (SSSR count). The van der Waals surface area contributed by atoms with Crippen LogP contribution in [0.3, 0.4) is 0 Å². The molecule has 1 saturated carbocycles. The summed E-state index contributed by atoms with van der Waals surface area (Å²) in [5.74, 6) is 0.279. The Morgan fingerprint density at radius 2 is 1.79 bits per heavy atom. The quantitative estimate of drug-likeness (QED) is 0.244. The lowest BCUT2D eigenvalue weighted by molar-refractivity contribution is 0.459. The number of hydrogen-bond donors (Lipinski definition) is 4. The number of halogens is 2. The Morgan fingerprint density at radius 1 is 1.09 bits per heavy atom. The van der Waals surface area contributed by atoms with Crippen molar-refractivity contribution in [3.8, 4) is 11.4 Å². The Hall–Kier alpha value is -2.68. The van der Waals surface area contributed by atoms with Crippen LogP contribution in [-0.4, -0.2) is 33.0 Å². The third kappa shape index (κ3) is 6.91. The monoisotopic (exact) mass is 500 g/mol. The molecule has 3 aromatic heterocycles. The molecule has 0 spiro atoms. The highest BCUT2D eigenvalue weighted by Gasteiger charge is 2.18. The highest BCUT2D eigenvalue weighted by Crippen LogP contribution is 2.29. The number of nitrogens with two attached hydrogens (primary N) is 1. The molecule has 0 unspecified atom stereocenters. The molecule has 4 N–H and O–H groups in total. The average molecular weight is 501 g/mol. The minimum atomic E-state index is -0.430. The number of nitrogens with zero attached hydrogens (tertiary/aromatic N) is 3. The highest BCUT2D eigenvalue weighted by atomic mass is 35.5. The second-order valence-corrected chi connectivity index (χ2v) is 8.91. The molecule has 1 aliphatic carbocycles. The molecule has 3 heterocycles. The van der Waals surface area contributed by atoms with Gasteiger partial charge in [-0.3, -0.25) is 0 Å². The second kappa shape index (κ2) is 12.7. The zero-order chi connectivity index (χ0) is 24.5. The summed E-state index contributed by atoms with van der Waals surface area (Å²) in [5.41, 5.74) is 7.23. The lowest BCUT2D eigenvalue weighted by atomic mass is 9.95. The largest absolute Gasteiger partial charge is 0.365 e. The topological polar surface area (TPSA) is 92.5 Å². The zero-order valence-corrected chi connectivity index (χ0v) is 21.0. The summed E-state index contributed by atoms with van der Waals surface area (Å²) in [6, 6.07) is 10.1. The first-order valence-corrected chi connectivity index (χ1v) is 12.1. The van der Waals surface area contributed by atoms with Crippen molar-refractivity contribution in [3.63, 3.8) is 0 Å². The maximum absolute atomic E-state index is 14.1. The summed E-state index contributed by atoms with van der Waals surface area (Å²) in [6.45, 7) is 2.06. The Balaban J connectivity index is 0.000000274.